The van der Waals surface area contributed by atoms with Crippen LogP contribution in [0.15, 0.2) is 47.5 Å². The summed E-state index contributed by atoms with van der Waals surface area (Å²) in [7, 11) is 0. The first-order valence-corrected chi connectivity index (χ1v) is 11.4. The molecular weight excluding hydrogens is 416 g/mol. The van der Waals surface area contributed by atoms with Crippen LogP contribution in [-0.4, -0.2) is 51.8 Å². The van der Waals surface area contributed by atoms with E-state index in [1.807, 2.05) is 6.92 Å². The molecule has 3 heterocycles. The molecule has 0 atom stereocenters. The lowest BCUT2D eigenvalue weighted by Crippen LogP contribution is -2.33. The second-order valence-electron chi connectivity index (χ2n) is 8.39. The van der Waals surface area contributed by atoms with Gasteiger partial charge < -0.3 is 10.2 Å². The van der Waals surface area contributed by atoms with Gasteiger partial charge in [0.05, 0.1) is 22.8 Å². The Hall–Kier alpha value is -3.70. The maximum absolute atomic E-state index is 12.9. The van der Waals surface area contributed by atoms with Gasteiger partial charge in [-0.2, -0.15) is 5.26 Å². The van der Waals surface area contributed by atoms with Gasteiger partial charge >= 0.3 is 0 Å². The van der Waals surface area contributed by atoms with Crippen molar-refractivity contribution in [2.24, 2.45) is 0 Å². The van der Waals surface area contributed by atoms with Gasteiger partial charge in [0, 0.05) is 18.9 Å². The van der Waals surface area contributed by atoms with E-state index in [0.29, 0.717) is 29.1 Å². The maximum Gasteiger partial charge on any atom is 0.280 e. The zero-order chi connectivity index (χ0) is 23.2. The smallest absolute Gasteiger partial charge is 0.280 e. The third-order valence-electron chi connectivity index (χ3n) is 6.04. The number of carbonyl (C=O) groups excluding carboxylic acids is 1. The van der Waals surface area contributed by atoms with E-state index < -0.39 is 0 Å². The molecule has 8 heteroatoms. The Morgan fingerprint density at radius 1 is 1.18 bits per heavy atom. The minimum absolute atomic E-state index is 0.166. The summed E-state index contributed by atoms with van der Waals surface area (Å²) >= 11 is 0. The quantitative estimate of drug-likeness (QED) is 0.545. The van der Waals surface area contributed by atoms with Crippen molar-refractivity contribution in [1.29, 1.82) is 5.26 Å². The van der Waals surface area contributed by atoms with Crippen LogP contribution < -0.4 is 10.9 Å². The largest absolute Gasteiger partial charge is 0.352 e. The molecule has 4 rings (SSSR count). The molecule has 1 fully saturated rings. The number of aryl methyl sites for hydroxylation is 1. The Kier molecular flexibility index (Phi) is 7.01. The molecule has 3 aromatic rings. The molecule has 0 bridgehead atoms. The molecule has 2 aromatic heterocycles. The summed E-state index contributed by atoms with van der Waals surface area (Å²) in [6, 6.07) is 10.6. The molecule has 0 saturated carbocycles. The van der Waals surface area contributed by atoms with Crippen molar-refractivity contribution < 1.29 is 4.79 Å². The maximum atomic E-state index is 12.9. The number of likely N-dealkylation sites (tertiary alicyclic amines) is 1. The fourth-order valence-electron chi connectivity index (χ4n) is 4.21. The molecule has 2 N–H and O–H groups in total. The van der Waals surface area contributed by atoms with Crippen LogP contribution in [0.1, 0.15) is 47.2 Å². The lowest BCUT2D eigenvalue weighted by atomic mass is 10.0. The van der Waals surface area contributed by atoms with Crippen molar-refractivity contribution in [2.45, 2.75) is 32.6 Å². The minimum atomic E-state index is -0.245. The number of nitriles is 1. The fourth-order valence-corrected chi connectivity index (χ4v) is 4.21. The van der Waals surface area contributed by atoms with Gasteiger partial charge in [-0.25, -0.2) is 9.67 Å². The number of amides is 1. The van der Waals surface area contributed by atoms with E-state index in [0.717, 1.165) is 37.2 Å². The van der Waals surface area contributed by atoms with Crippen LogP contribution in [0.25, 0.3) is 16.9 Å². The third kappa shape index (κ3) is 5.21. The number of H-pyrrole nitrogens is 1. The summed E-state index contributed by atoms with van der Waals surface area (Å²) in [4.78, 5) is 32.1. The second-order valence-corrected chi connectivity index (χ2v) is 8.39. The van der Waals surface area contributed by atoms with Crippen molar-refractivity contribution in [3.63, 3.8) is 0 Å². The topological polar surface area (TPSA) is 107 Å². The van der Waals surface area contributed by atoms with Crippen molar-refractivity contribution in [1.82, 2.24) is 25.0 Å². The number of nitrogens with zero attached hydrogens (tertiary/aromatic N) is 4. The Bertz CT molecular complexity index is 1210. The van der Waals surface area contributed by atoms with Gasteiger partial charge in [-0.05, 0) is 81.2 Å². The number of piperidine rings is 1. The summed E-state index contributed by atoms with van der Waals surface area (Å²) in [5.74, 6) is 0.236. The first-order chi connectivity index (χ1) is 16.1. The van der Waals surface area contributed by atoms with E-state index in [1.54, 1.807) is 36.5 Å². The van der Waals surface area contributed by atoms with Gasteiger partial charge in [-0.1, -0.05) is 12.5 Å². The van der Waals surface area contributed by atoms with Gasteiger partial charge in [0.2, 0.25) is 0 Å². The summed E-state index contributed by atoms with van der Waals surface area (Å²) < 4.78 is 1.34. The van der Waals surface area contributed by atoms with Crippen LogP contribution in [0, 0.1) is 18.3 Å². The highest BCUT2D eigenvalue weighted by Gasteiger charge is 2.14. The molecule has 1 aliphatic heterocycles. The number of benzene rings is 1. The molecule has 0 aliphatic carbocycles. The van der Waals surface area contributed by atoms with Crippen LogP contribution >= 0.6 is 0 Å². The Morgan fingerprint density at radius 3 is 2.70 bits per heavy atom. The van der Waals surface area contributed by atoms with Gasteiger partial charge in [0.25, 0.3) is 11.5 Å². The lowest BCUT2D eigenvalue weighted by molar-refractivity contribution is 0.0950. The molecule has 0 unspecified atom stereocenters. The first kappa shape index (κ1) is 22.5. The lowest BCUT2D eigenvalue weighted by Gasteiger charge is -2.26. The Morgan fingerprint density at radius 2 is 2.00 bits per heavy atom. The van der Waals surface area contributed by atoms with E-state index >= 15 is 0 Å². The molecule has 1 aromatic carbocycles. The molecule has 0 radical (unpaired) electrons. The number of aromatic nitrogens is 3. The third-order valence-corrected chi connectivity index (χ3v) is 6.04. The molecule has 33 heavy (non-hydrogen) atoms. The summed E-state index contributed by atoms with van der Waals surface area (Å²) in [6.07, 6.45) is 7.89. The van der Waals surface area contributed by atoms with Crippen molar-refractivity contribution >= 4 is 5.91 Å². The molecule has 8 nitrogen and oxygen atoms in total. The predicted octanol–water partition coefficient (Wildman–Crippen LogP) is 3.01. The van der Waals surface area contributed by atoms with Crippen LogP contribution in [0.2, 0.25) is 0 Å². The molecule has 1 amide bonds. The van der Waals surface area contributed by atoms with E-state index in [4.69, 9.17) is 5.26 Å². The number of hydrogen-bond donors (Lipinski definition) is 2. The average molecular weight is 445 g/mol. The van der Waals surface area contributed by atoms with Crippen molar-refractivity contribution in [3.05, 3.63) is 69.8 Å². The van der Waals surface area contributed by atoms with Crippen LogP contribution in [0.4, 0.5) is 0 Å². The average Bonchev–Trinajstić information content (AvgIpc) is 3.23. The monoisotopic (exact) mass is 444 g/mol. The normalized spacial score (nSPS) is 14.1. The van der Waals surface area contributed by atoms with Gasteiger partial charge in [0.15, 0.2) is 5.82 Å². The highest BCUT2D eigenvalue weighted by molar-refractivity contribution is 5.93. The molecule has 0 spiro atoms. The summed E-state index contributed by atoms with van der Waals surface area (Å²) in [6.45, 7) is 5.81. The second kappa shape index (κ2) is 10.3. The molecule has 170 valence electrons. The molecular formula is C25H28N6O2. The van der Waals surface area contributed by atoms with Gasteiger partial charge in [-0.15, -0.1) is 0 Å². The zero-order valence-electron chi connectivity index (χ0n) is 18.8. The standard InChI is InChI=1S/C25H28N6O2/c1-18-14-19(15-26)6-8-21(18)22-17-29-31(25(22)33)23-9-7-20(16-28-23)24(32)27-10-5-13-30-11-3-2-4-12-30/h6-9,14,16-17,29H,2-5,10-13H2,1H3,(H,27,32). The highest BCUT2D eigenvalue weighted by atomic mass is 16.1. The van der Waals surface area contributed by atoms with Crippen molar-refractivity contribution in [2.75, 3.05) is 26.2 Å². The van der Waals surface area contributed by atoms with E-state index in [1.165, 1.54) is 30.1 Å². The van der Waals surface area contributed by atoms with E-state index in [-0.39, 0.29) is 11.5 Å². The van der Waals surface area contributed by atoms with Gasteiger partial charge in [0.1, 0.15) is 0 Å². The predicted molar refractivity (Wildman–Crippen MR) is 126 cm³/mol. The summed E-state index contributed by atoms with van der Waals surface area (Å²) in [5.41, 5.74) is 2.86. The highest BCUT2D eigenvalue weighted by Crippen LogP contribution is 2.21. The van der Waals surface area contributed by atoms with Crippen LogP contribution in [-0.2, 0) is 0 Å². The van der Waals surface area contributed by atoms with E-state index in [9.17, 15) is 9.59 Å². The zero-order valence-corrected chi connectivity index (χ0v) is 18.8. The fraction of sp³-hybridized carbons (Fsp3) is 0.360. The van der Waals surface area contributed by atoms with Crippen LogP contribution in [0.3, 0.4) is 0 Å². The number of rotatable bonds is 7. The Balaban J connectivity index is 1.38. The minimum Gasteiger partial charge on any atom is -0.352 e. The number of hydrogen-bond acceptors (Lipinski definition) is 5. The Labute approximate surface area is 192 Å². The van der Waals surface area contributed by atoms with E-state index in [2.05, 4.69) is 26.4 Å². The van der Waals surface area contributed by atoms with Gasteiger partial charge in [-0.3, -0.25) is 14.7 Å². The SMILES string of the molecule is Cc1cc(C#N)ccc1-c1c[nH]n(-c2ccc(C(=O)NCCCN3CCCCC3)cn2)c1=O. The summed E-state index contributed by atoms with van der Waals surface area (Å²) in [5, 5.41) is 14.9. The number of pyridine rings is 1. The van der Waals surface area contributed by atoms with Crippen molar-refractivity contribution in [3.8, 4) is 23.0 Å². The number of nitrogens with one attached hydrogen (secondary N) is 2. The number of carbonyl (C=O) groups is 1. The first-order valence-electron chi connectivity index (χ1n) is 11.4. The molecule has 1 aliphatic rings. The van der Waals surface area contributed by atoms with Crippen LogP contribution in [0.5, 0.6) is 0 Å². The molecule has 1 saturated heterocycles. The number of aromatic amines is 1.